The molecule has 3 N–H and O–H groups in total. The van der Waals surface area contributed by atoms with Gasteiger partial charge in [0.1, 0.15) is 39.6 Å². The van der Waals surface area contributed by atoms with Crippen molar-refractivity contribution in [2.75, 3.05) is 52.9 Å². The average molecular weight is 717 g/mol. The molecule has 0 amide bonds. The highest BCUT2D eigenvalue weighted by atomic mass is 16.6. The molecule has 0 saturated carbocycles. The third-order valence-corrected chi connectivity index (χ3v) is 6.13. The second kappa shape index (κ2) is 23.7. The van der Waals surface area contributed by atoms with Crippen LogP contribution in [0.1, 0.15) is 38.5 Å². The maximum absolute atomic E-state index is 12.3. The lowest BCUT2D eigenvalue weighted by Gasteiger charge is -2.35. The number of rotatable bonds is 28. The van der Waals surface area contributed by atoms with Crippen molar-refractivity contribution < 1.29 is 91.6 Å². The average Bonchev–Trinajstić information content (AvgIpc) is 3.08. The Morgan fingerprint density at radius 2 is 0.640 bits per heavy atom. The second-order valence-electron chi connectivity index (χ2n) is 10.6. The molecule has 0 aromatic rings. The minimum absolute atomic E-state index is 0.593. The molecule has 19 nitrogen and oxygen atoms in total. The fourth-order valence-electron chi connectivity index (χ4n) is 3.38. The van der Waals surface area contributed by atoms with E-state index in [-0.39, 0.29) is 0 Å². The van der Waals surface area contributed by atoms with Crippen LogP contribution in [-0.2, 0) is 76.3 Å². The van der Waals surface area contributed by atoms with Gasteiger partial charge in [-0.3, -0.25) is 28.8 Å². The molecule has 0 unspecified atom stereocenters. The van der Waals surface area contributed by atoms with Crippen molar-refractivity contribution in [3.05, 3.63) is 38.0 Å². The van der Waals surface area contributed by atoms with Crippen LogP contribution in [0.3, 0.4) is 0 Å². The van der Waals surface area contributed by atoms with Crippen LogP contribution in [0.4, 0.5) is 0 Å². The molecule has 0 atom stereocenters. The number of aliphatic carboxylic acids is 3. The largest absolute Gasteiger partial charge is 0.481 e. The molecule has 0 rings (SSSR count). The molecule has 0 aliphatic heterocycles. The number of hydrogen-bond donors (Lipinski definition) is 3. The Labute approximate surface area is 285 Å². The summed E-state index contributed by atoms with van der Waals surface area (Å²) >= 11 is 0. The summed E-state index contributed by atoms with van der Waals surface area (Å²) in [7, 11) is 0. The monoisotopic (exact) mass is 716 g/mol. The van der Waals surface area contributed by atoms with Crippen LogP contribution >= 0.6 is 0 Å². The third-order valence-electron chi connectivity index (χ3n) is 6.13. The minimum Gasteiger partial charge on any atom is -0.481 e. The molecule has 278 valence electrons. The molecule has 0 aromatic carbocycles. The lowest BCUT2D eigenvalue weighted by molar-refractivity contribution is -0.174. The van der Waals surface area contributed by atoms with E-state index in [9.17, 15) is 43.2 Å². The van der Waals surface area contributed by atoms with Crippen LogP contribution in [0.15, 0.2) is 38.0 Å². The first-order valence-corrected chi connectivity index (χ1v) is 14.6. The zero-order valence-corrected chi connectivity index (χ0v) is 27.1. The highest BCUT2D eigenvalue weighted by Crippen LogP contribution is 2.26. The van der Waals surface area contributed by atoms with Gasteiger partial charge in [0.25, 0.3) is 0 Å². The van der Waals surface area contributed by atoms with E-state index in [1.54, 1.807) is 0 Å². The lowest BCUT2D eigenvalue weighted by atomic mass is 9.90. The van der Waals surface area contributed by atoms with Gasteiger partial charge in [-0.05, 0) is 0 Å². The number of carboxylic acid groups (broad SMARTS) is 3. The number of carbonyl (C=O) groups excluding carboxylic acids is 6. The van der Waals surface area contributed by atoms with Gasteiger partial charge < -0.3 is 48.5 Å². The van der Waals surface area contributed by atoms with Crippen molar-refractivity contribution in [3.63, 3.8) is 0 Å². The van der Waals surface area contributed by atoms with E-state index in [1.807, 2.05) is 0 Å². The van der Waals surface area contributed by atoms with Gasteiger partial charge in [0, 0.05) is 18.2 Å². The van der Waals surface area contributed by atoms with Gasteiger partial charge in [0.05, 0.1) is 62.6 Å². The Kier molecular flexibility index (Phi) is 21.0. The summed E-state index contributed by atoms with van der Waals surface area (Å²) in [5.74, 6) is -9.85. The van der Waals surface area contributed by atoms with Crippen molar-refractivity contribution in [1.29, 1.82) is 0 Å². The number of carbonyl (C=O) groups is 9. The fraction of sp³-hybridized carbons (Fsp3) is 0.516. The van der Waals surface area contributed by atoms with Gasteiger partial charge in [0.2, 0.25) is 0 Å². The Hall–Kier alpha value is -5.59. The molecule has 0 spiro atoms. The second-order valence-corrected chi connectivity index (χ2v) is 10.6. The first kappa shape index (κ1) is 44.4. The standard InChI is InChI=1S/C31H40O19/c1-4-24(38)45-15-30(16-46-25(39)5-2,17-47-26(40)6-3)13-44-14-31(18-48-27(41)10-7-21(32)33,19-49-28(42)11-8-22(34)35)20-50-29(43)12-9-23(36)37/h4-6H,1-3,7-20H2,(H,32,33)(H,34,35)(H,36,37). The molecular formula is C31H40O19. The molecule has 0 aromatic heterocycles. The summed E-state index contributed by atoms with van der Waals surface area (Å²) in [5, 5.41) is 26.7. The van der Waals surface area contributed by atoms with Crippen molar-refractivity contribution in [2.45, 2.75) is 38.5 Å². The minimum atomic E-state index is -1.82. The number of carboxylic acids is 3. The van der Waals surface area contributed by atoms with Crippen LogP contribution < -0.4 is 0 Å². The van der Waals surface area contributed by atoms with Crippen LogP contribution in [0.25, 0.3) is 0 Å². The van der Waals surface area contributed by atoms with Crippen LogP contribution in [0, 0.1) is 10.8 Å². The van der Waals surface area contributed by atoms with Crippen LogP contribution in [0.2, 0.25) is 0 Å². The zero-order valence-electron chi connectivity index (χ0n) is 27.1. The van der Waals surface area contributed by atoms with Gasteiger partial charge in [0.15, 0.2) is 0 Å². The Balaban J connectivity index is 6.60. The molecular weight excluding hydrogens is 676 g/mol. The number of ether oxygens (including phenoxy) is 7. The van der Waals surface area contributed by atoms with E-state index in [1.165, 1.54) is 0 Å². The smallest absolute Gasteiger partial charge is 0.330 e. The third kappa shape index (κ3) is 20.6. The van der Waals surface area contributed by atoms with Gasteiger partial charge in [-0.15, -0.1) is 0 Å². The Morgan fingerprint density at radius 1 is 0.400 bits per heavy atom. The molecule has 0 heterocycles. The van der Waals surface area contributed by atoms with E-state index in [4.69, 9.17) is 48.5 Å². The topological polar surface area (TPSA) is 279 Å². The zero-order chi connectivity index (χ0) is 38.2. The van der Waals surface area contributed by atoms with E-state index in [0.29, 0.717) is 0 Å². The molecule has 0 saturated heterocycles. The Bertz CT molecular complexity index is 1120. The summed E-state index contributed by atoms with van der Waals surface area (Å²) in [6.45, 7) is 4.44. The van der Waals surface area contributed by atoms with Crippen LogP contribution in [0.5, 0.6) is 0 Å². The summed E-state index contributed by atoms with van der Waals surface area (Å²) < 4.78 is 36.8. The van der Waals surface area contributed by atoms with Crippen LogP contribution in [-0.4, -0.2) is 122 Å². The maximum Gasteiger partial charge on any atom is 0.330 e. The van der Waals surface area contributed by atoms with E-state index in [2.05, 4.69) is 19.7 Å². The Morgan fingerprint density at radius 3 is 0.860 bits per heavy atom. The van der Waals surface area contributed by atoms with Gasteiger partial charge in [-0.2, -0.15) is 0 Å². The van der Waals surface area contributed by atoms with E-state index >= 15 is 0 Å². The van der Waals surface area contributed by atoms with E-state index in [0.717, 1.165) is 18.2 Å². The SMILES string of the molecule is C=CC(=O)OCC(COCC(COC(=O)CCC(=O)O)(COC(=O)CCC(=O)O)COC(=O)CCC(=O)O)(COC(=O)C=C)COC(=O)C=C. The first-order valence-electron chi connectivity index (χ1n) is 14.6. The number of hydrogen-bond acceptors (Lipinski definition) is 16. The van der Waals surface area contributed by atoms with Crippen molar-refractivity contribution in [3.8, 4) is 0 Å². The molecule has 0 fully saturated rings. The molecule has 0 aliphatic rings. The molecule has 0 radical (unpaired) electrons. The molecule has 0 aliphatic carbocycles. The van der Waals surface area contributed by atoms with Crippen molar-refractivity contribution in [2.24, 2.45) is 10.8 Å². The van der Waals surface area contributed by atoms with Gasteiger partial charge in [-0.25, -0.2) is 14.4 Å². The highest BCUT2D eigenvalue weighted by Gasteiger charge is 2.40. The molecule has 50 heavy (non-hydrogen) atoms. The molecule has 19 heteroatoms. The first-order chi connectivity index (χ1) is 23.5. The van der Waals surface area contributed by atoms with Gasteiger partial charge in [-0.1, -0.05) is 19.7 Å². The van der Waals surface area contributed by atoms with E-state index < -0.39 is 156 Å². The molecule has 0 bridgehead atoms. The fourth-order valence-corrected chi connectivity index (χ4v) is 3.38. The predicted molar refractivity (Wildman–Crippen MR) is 163 cm³/mol. The number of esters is 6. The van der Waals surface area contributed by atoms with Crippen molar-refractivity contribution in [1.82, 2.24) is 0 Å². The lowest BCUT2D eigenvalue weighted by Crippen LogP contribution is -2.47. The quantitative estimate of drug-likeness (QED) is 0.0561. The van der Waals surface area contributed by atoms with Crippen molar-refractivity contribution >= 4 is 53.7 Å². The highest BCUT2D eigenvalue weighted by molar-refractivity contribution is 5.82. The van der Waals surface area contributed by atoms with Gasteiger partial charge >= 0.3 is 53.7 Å². The summed E-state index contributed by atoms with van der Waals surface area (Å²) in [6, 6.07) is 0. The normalized spacial score (nSPS) is 10.8. The summed E-state index contributed by atoms with van der Waals surface area (Å²) in [5.41, 5.74) is -3.48. The summed E-state index contributed by atoms with van der Waals surface area (Å²) in [6.07, 6.45) is -1.17. The maximum atomic E-state index is 12.3. The summed E-state index contributed by atoms with van der Waals surface area (Å²) in [4.78, 5) is 106. The predicted octanol–water partition coefficient (Wildman–Crippen LogP) is 0.387.